The Morgan fingerprint density at radius 3 is 1.26 bits per heavy atom. The van der Waals surface area contributed by atoms with E-state index in [-0.39, 0.29) is 12.2 Å². The highest BCUT2D eigenvalue weighted by Crippen LogP contribution is 2.44. The molecule has 0 aromatic heterocycles. The normalized spacial score (nSPS) is 28.7. The molecule has 0 saturated heterocycles. The van der Waals surface area contributed by atoms with Crippen molar-refractivity contribution in [1.82, 2.24) is 10.6 Å². The topological polar surface area (TPSA) is 33.3 Å². The summed E-state index contributed by atoms with van der Waals surface area (Å²) in [6.45, 7) is 0. The largest absolute Gasteiger partial charge is 0.365 e. The summed E-state index contributed by atoms with van der Waals surface area (Å²) in [4.78, 5) is 0. The highest BCUT2D eigenvalue weighted by atomic mass is 16.5. The van der Waals surface area contributed by atoms with Gasteiger partial charge in [0.15, 0.2) is 0 Å². The number of hydrogen-bond acceptors (Lipinski definition) is 3. The van der Waals surface area contributed by atoms with Crippen LogP contribution >= 0.6 is 0 Å². The van der Waals surface area contributed by atoms with Crippen LogP contribution in [0.1, 0.15) is 74.7 Å². The Morgan fingerprint density at radius 1 is 0.581 bits per heavy atom. The van der Waals surface area contributed by atoms with Crippen molar-refractivity contribution in [1.29, 1.82) is 0 Å². The molecule has 0 bridgehead atoms. The molecule has 2 aliphatic carbocycles. The molecule has 2 atom stereocenters. The van der Waals surface area contributed by atoms with Gasteiger partial charge in [0.1, 0.15) is 0 Å². The third kappa shape index (κ3) is 5.77. The quantitative estimate of drug-likeness (QED) is 0.546. The molecule has 2 unspecified atom stereocenters. The summed E-state index contributed by atoms with van der Waals surface area (Å²) >= 11 is 0. The molecule has 3 nitrogen and oxygen atoms in total. The van der Waals surface area contributed by atoms with Gasteiger partial charge < -0.3 is 15.4 Å². The minimum absolute atomic E-state index is 0.172. The second-order valence-electron chi connectivity index (χ2n) is 9.60. The van der Waals surface area contributed by atoms with Crippen LogP contribution in [0, 0.1) is 11.8 Å². The van der Waals surface area contributed by atoms with Crippen LogP contribution in [0.2, 0.25) is 0 Å². The van der Waals surface area contributed by atoms with Crippen LogP contribution in [-0.4, -0.2) is 26.2 Å². The number of hydrogen-bond donors (Lipinski definition) is 2. The SMILES string of the molecule is CN[C@H]1CC[C@H](C(OC(c2ccccc2)[C@H]2CC[C@H](NC)CC2)c2ccccc2)CC1. The van der Waals surface area contributed by atoms with Crippen LogP contribution in [-0.2, 0) is 4.74 Å². The molecule has 2 aliphatic rings. The van der Waals surface area contributed by atoms with E-state index in [1.165, 1.54) is 62.5 Å². The Morgan fingerprint density at radius 2 is 0.935 bits per heavy atom. The van der Waals surface area contributed by atoms with Gasteiger partial charge in [-0.3, -0.25) is 0 Å². The highest BCUT2D eigenvalue weighted by Gasteiger charge is 2.35. The number of benzene rings is 2. The molecule has 4 rings (SSSR count). The van der Waals surface area contributed by atoms with E-state index in [9.17, 15) is 0 Å². The lowest BCUT2D eigenvalue weighted by Crippen LogP contribution is -2.35. The summed E-state index contributed by atoms with van der Waals surface area (Å²) < 4.78 is 7.20. The van der Waals surface area contributed by atoms with E-state index in [1.54, 1.807) is 0 Å². The highest BCUT2D eigenvalue weighted by molar-refractivity contribution is 5.22. The Bertz CT molecular complexity index is 684. The first-order valence-corrected chi connectivity index (χ1v) is 12.4. The first-order chi connectivity index (χ1) is 15.3. The van der Waals surface area contributed by atoms with Gasteiger partial charge in [-0.25, -0.2) is 0 Å². The molecule has 0 amide bonds. The Balaban J connectivity index is 1.58. The van der Waals surface area contributed by atoms with Crippen LogP contribution in [0.15, 0.2) is 60.7 Å². The molecule has 2 aromatic rings. The van der Waals surface area contributed by atoms with Gasteiger partial charge in [0.05, 0.1) is 12.2 Å². The minimum Gasteiger partial charge on any atom is -0.365 e. The van der Waals surface area contributed by atoms with Crippen molar-refractivity contribution < 1.29 is 4.74 Å². The predicted molar refractivity (Wildman–Crippen MR) is 129 cm³/mol. The summed E-state index contributed by atoms with van der Waals surface area (Å²) in [6.07, 6.45) is 10.3. The molecule has 3 heteroatoms. The summed E-state index contributed by atoms with van der Waals surface area (Å²) in [5.41, 5.74) is 2.69. The Kier molecular flexibility index (Phi) is 8.18. The average molecular weight is 421 g/mol. The van der Waals surface area contributed by atoms with Crippen LogP contribution in [0.4, 0.5) is 0 Å². The summed E-state index contributed by atoms with van der Waals surface area (Å²) in [5.74, 6) is 1.18. The Labute approximate surface area is 189 Å². The lowest BCUT2D eigenvalue weighted by Gasteiger charge is -2.40. The van der Waals surface area contributed by atoms with Crippen molar-refractivity contribution in [3.05, 3.63) is 71.8 Å². The number of ether oxygens (including phenoxy) is 1. The summed E-state index contributed by atoms with van der Waals surface area (Å²) in [7, 11) is 4.20. The van der Waals surface area contributed by atoms with Crippen LogP contribution in [0.25, 0.3) is 0 Å². The fourth-order valence-electron chi connectivity index (χ4n) is 5.79. The maximum atomic E-state index is 7.20. The van der Waals surface area contributed by atoms with E-state index in [0.717, 1.165) is 0 Å². The monoisotopic (exact) mass is 420 g/mol. The Hall–Kier alpha value is -1.68. The van der Waals surface area contributed by atoms with Crippen LogP contribution in [0.3, 0.4) is 0 Å². The van der Waals surface area contributed by atoms with Gasteiger partial charge in [0.2, 0.25) is 0 Å². The fraction of sp³-hybridized carbons (Fsp3) is 0.571. The van der Waals surface area contributed by atoms with E-state index in [2.05, 4.69) is 85.4 Å². The smallest absolute Gasteiger partial charge is 0.0861 e. The number of rotatable bonds is 8. The van der Waals surface area contributed by atoms with E-state index < -0.39 is 0 Å². The number of nitrogens with one attached hydrogen (secondary N) is 2. The molecule has 0 heterocycles. The molecular formula is C28H40N2O. The maximum absolute atomic E-state index is 7.20. The van der Waals surface area contributed by atoms with Crippen LogP contribution < -0.4 is 10.6 Å². The first-order valence-electron chi connectivity index (χ1n) is 12.4. The maximum Gasteiger partial charge on any atom is 0.0861 e. The first kappa shape index (κ1) is 22.5. The van der Waals surface area contributed by atoms with Gasteiger partial charge in [0.25, 0.3) is 0 Å². The summed E-state index contributed by atoms with van der Waals surface area (Å²) in [6, 6.07) is 23.3. The molecule has 0 aliphatic heterocycles. The molecule has 168 valence electrons. The zero-order chi connectivity index (χ0) is 21.5. The third-order valence-corrected chi connectivity index (χ3v) is 7.77. The van der Waals surface area contributed by atoms with Crippen molar-refractivity contribution in [3.8, 4) is 0 Å². The second kappa shape index (κ2) is 11.3. The van der Waals surface area contributed by atoms with Gasteiger partial charge in [0, 0.05) is 12.1 Å². The molecule has 2 aromatic carbocycles. The zero-order valence-corrected chi connectivity index (χ0v) is 19.3. The van der Waals surface area contributed by atoms with Crippen LogP contribution in [0.5, 0.6) is 0 Å². The molecule has 0 spiro atoms. The fourth-order valence-corrected chi connectivity index (χ4v) is 5.79. The summed E-state index contributed by atoms with van der Waals surface area (Å²) in [5, 5.41) is 6.97. The lowest BCUT2D eigenvalue weighted by atomic mass is 9.78. The van der Waals surface area contributed by atoms with E-state index >= 15 is 0 Å². The van der Waals surface area contributed by atoms with E-state index in [4.69, 9.17) is 4.74 Å². The van der Waals surface area contributed by atoms with Gasteiger partial charge in [-0.1, -0.05) is 60.7 Å². The minimum atomic E-state index is 0.172. The van der Waals surface area contributed by atoms with Crippen molar-refractivity contribution in [3.63, 3.8) is 0 Å². The zero-order valence-electron chi connectivity index (χ0n) is 19.3. The molecule has 0 radical (unpaired) electrons. The molecule has 2 fully saturated rings. The van der Waals surface area contributed by atoms with Crippen molar-refractivity contribution >= 4 is 0 Å². The van der Waals surface area contributed by atoms with Gasteiger partial charge >= 0.3 is 0 Å². The van der Waals surface area contributed by atoms with E-state index in [1.807, 2.05) is 0 Å². The molecule has 2 saturated carbocycles. The van der Waals surface area contributed by atoms with E-state index in [0.29, 0.717) is 23.9 Å². The molecule has 2 N–H and O–H groups in total. The average Bonchev–Trinajstić information content (AvgIpc) is 2.86. The van der Waals surface area contributed by atoms with Gasteiger partial charge in [-0.15, -0.1) is 0 Å². The van der Waals surface area contributed by atoms with Gasteiger partial charge in [-0.05, 0) is 88.4 Å². The predicted octanol–water partition coefficient (Wildman–Crippen LogP) is 6.04. The third-order valence-electron chi connectivity index (χ3n) is 7.77. The van der Waals surface area contributed by atoms with Crippen molar-refractivity contribution in [2.24, 2.45) is 11.8 Å². The molecular weight excluding hydrogens is 380 g/mol. The van der Waals surface area contributed by atoms with Crippen molar-refractivity contribution in [2.45, 2.75) is 75.7 Å². The standard InChI is InChI=1S/C28H40N2O/c1-29-25-17-13-23(14-18-25)27(21-9-5-3-6-10-21)31-28(22-11-7-4-8-12-22)24-15-19-26(30-2)20-16-24/h3-12,23-30H,13-20H2,1-2H3/t23-,24-,25-,26-,27?,28?. The second-order valence-corrected chi connectivity index (χ2v) is 9.60. The van der Waals surface area contributed by atoms with Gasteiger partial charge in [-0.2, -0.15) is 0 Å². The molecule has 31 heavy (non-hydrogen) atoms. The lowest BCUT2D eigenvalue weighted by molar-refractivity contribution is -0.0883. The van der Waals surface area contributed by atoms with Crippen molar-refractivity contribution in [2.75, 3.05) is 14.1 Å².